The first-order chi connectivity index (χ1) is 6.70. The number of aryl methyl sites for hydroxylation is 1. The number of carbonyl (C=O) groups excluding carboxylic acids is 1. The highest BCUT2D eigenvalue weighted by atomic mass is 127. The molecule has 0 spiro atoms. The molecule has 0 fully saturated rings. The fourth-order valence-electron chi connectivity index (χ4n) is 1.15. The summed E-state index contributed by atoms with van der Waals surface area (Å²) >= 11 is 2.08. The van der Waals surface area contributed by atoms with Gasteiger partial charge in [0, 0.05) is 19.4 Å². The Bertz CT molecular complexity index is 440. The number of nitrogens with zero attached hydrogens (tertiary/aromatic N) is 4. The molecule has 2 heterocycles. The average Bonchev–Trinajstić information content (AvgIpc) is 2.75. The Labute approximate surface area is 93.9 Å². The van der Waals surface area contributed by atoms with E-state index in [1.165, 1.54) is 4.68 Å². The summed E-state index contributed by atoms with van der Waals surface area (Å²) < 4.78 is 3.66. The molecule has 0 aliphatic carbocycles. The molecule has 14 heavy (non-hydrogen) atoms. The zero-order valence-corrected chi connectivity index (χ0v) is 9.54. The third-order valence-electron chi connectivity index (χ3n) is 1.81. The minimum absolute atomic E-state index is 0.167. The van der Waals surface area contributed by atoms with Crippen molar-refractivity contribution >= 4 is 28.5 Å². The summed E-state index contributed by atoms with van der Waals surface area (Å²) in [5, 5.41) is 7.87. The normalized spacial score (nSPS) is 10.4. The Hall–Kier alpha value is -1.18. The Balaban J connectivity index is 2.46. The maximum absolute atomic E-state index is 11.8. The smallest absolute Gasteiger partial charge is 0.265 e. The lowest BCUT2D eigenvalue weighted by molar-refractivity contribution is 0.0934. The van der Waals surface area contributed by atoms with Crippen LogP contribution in [0.15, 0.2) is 24.7 Å². The van der Waals surface area contributed by atoms with Crippen LogP contribution in [-0.4, -0.2) is 25.5 Å². The van der Waals surface area contributed by atoms with Gasteiger partial charge < -0.3 is 0 Å². The average molecular weight is 302 g/mol. The minimum Gasteiger partial charge on any atom is -0.265 e. The Morgan fingerprint density at radius 3 is 2.79 bits per heavy atom. The van der Waals surface area contributed by atoms with Gasteiger partial charge in [0.1, 0.15) is 5.69 Å². The first kappa shape index (κ1) is 9.38. The van der Waals surface area contributed by atoms with E-state index in [0.29, 0.717) is 5.69 Å². The summed E-state index contributed by atoms with van der Waals surface area (Å²) in [6.45, 7) is 0. The Kier molecular flexibility index (Phi) is 2.36. The van der Waals surface area contributed by atoms with Gasteiger partial charge in [-0.25, -0.2) is 4.68 Å². The molecule has 0 N–H and O–H groups in total. The van der Waals surface area contributed by atoms with Crippen LogP contribution in [0.2, 0.25) is 0 Å². The Morgan fingerprint density at radius 1 is 1.50 bits per heavy atom. The van der Waals surface area contributed by atoms with Crippen LogP contribution in [-0.2, 0) is 7.05 Å². The summed E-state index contributed by atoms with van der Waals surface area (Å²) in [4.78, 5) is 11.8. The quantitative estimate of drug-likeness (QED) is 0.736. The number of aromatic nitrogens is 4. The lowest BCUT2D eigenvalue weighted by Crippen LogP contribution is -2.17. The molecule has 2 aromatic rings. The molecule has 6 heteroatoms. The van der Waals surface area contributed by atoms with E-state index < -0.39 is 0 Å². The molecule has 0 aliphatic heterocycles. The van der Waals surface area contributed by atoms with E-state index in [2.05, 4.69) is 32.8 Å². The fraction of sp³-hybridized carbons (Fsp3) is 0.125. The number of halogens is 1. The van der Waals surface area contributed by atoms with Crippen molar-refractivity contribution in [2.45, 2.75) is 0 Å². The summed E-state index contributed by atoms with van der Waals surface area (Å²) in [5.41, 5.74) is 0.550. The van der Waals surface area contributed by atoms with Crippen LogP contribution in [0.1, 0.15) is 10.5 Å². The van der Waals surface area contributed by atoms with Crippen molar-refractivity contribution in [2.24, 2.45) is 7.05 Å². The standard InChI is InChI=1S/C8H7IN4O/c1-12-7(6(9)5-11-12)8(14)13-4-2-3-10-13/h2-5H,1H3. The lowest BCUT2D eigenvalue weighted by atomic mass is 10.4. The largest absolute Gasteiger partial charge is 0.297 e. The number of rotatable bonds is 1. The molecule has 0 saturated carbocycles. The van der Waals surface area contributed by atoms with Crippen LogP contribution < -0.4 is 0 Å². The predicted molar refractivity (Wildman–Crippen MR) is 57.9 cm³/mol. The molecule has 0 atom stereocenters. The second-order valence-corrected chi connectivity index (χ2v) is 3.88. The van der Waals surface area contributed by atoms with Crippen molar-refractivity contribution in [2.75, 3.05) is 0 Å². The van der Waals surface area contributed by atoms with Gasteiger partial charge in [-0.05, 0) is 28.7 Å². The maximum atomic E-state index is 11.8. The van der Waals surface area contributed by atoms with Crippen LogP contribution in [0, 0.1) is 3.57 Å². The van der Waals surface area contributed by atoms with Crippen molar-refractivity contribution in [3.05, 3.63) is 33.9 Å². The number of carbonyl (C=O) groups is 1. The first-order valence-corrected chi connectivity index (χ1v) is 5.00. The van der Waals surface area contributed by atoms with Gasteiger partial charge in [0.15, 0.2) is 0 Å². The highest BCUT2D eigenvalue weighted by molar-refractivity contribution is 14.1. The minimum atomic E-state index is -0.167. The number of hydrogen-bond acceptors (Lipinski definition) is 3. The van der Waals surface area contributed by atoms with Gasteiger partial charge in [-0.2, -0.15) is 10.2 Å². The molecule has 0 aliphatic rings. The lowest BCUT2D eigenvalue weighted by Gasteiger charge is -2.01. The van der Waals surface area contributed by atoms with Crippen LogP contribution >= 0.6 is 22.6 Å². The highest BCUT2D eigenvalue weighted by Crippen LogP contribution is 2.11. The summed E-state index contributed by atoms with van der Waals surface area (Å²) in [6, 6.07) is 1.71. The van der Waals surface area contributed by atoms with E-state index in [9.17, 15) is 4.79 Å². The van der Waals surface area contributed by atoms with Gasteiger partial charge in [-0.1, -0.05) is 0 Å². The van der Waals surface area contributed by atoms with Crippen LogP contribution in [0.25, 0.3) is 0 Å². The fourth-order valence-corrected chi connectivity index (χ4v) is 1.85. The monoisotopic (exact) mass is 302 g/mol. The van der Waals surface area contributed by atoms with Crippen LogP contribution in [0.3, 0.4) is 0 Å². The Morgan fingerprint density at radius 2 is 2.29 bits per heavy atom. The van der Waals surface area contributed by atoms with E-state index in [0.717, 1.165) is 3.57 Å². The van der Waals surface area contributed by atoms with Gasteiger partial charge >= 0.3 is 0 Å². The number of hydrogen-bond donors (Lipinski definition) is 0. The molecule has 0 bridgehead atoms. The second kappa shape index (κ2) is 3.52. The SMILES string of the molecule is Cn1ncc(I)c1C(=O)n1cccn1. The molecule has 0 amide bonds. The molecule has 72 valence electrons. The van der Waals surface area contributed by atoms with E-state index >= 15 is 0 Å². The van der Waals surface area contributed by atoms with Crippen LogP contribution in [0.4, 0.5) is 0 Å². The summed E-state index contributed by atoms with van der Waals surface area (Å²) in [5.74, 6) is -0.167. The molecule has 0 saturated heterocycles. The van der Waals surface area contributed by atoms with Gasteiger partial charge in [-0.15, -0.1) is 0 Å². The van der Waals surface area contributed by atoms with E-state index in [-0.39, 0.29) is 5.91 Å². The van der Waals surface area contributed by atoms with E-state index in [4.69, 9.17) is 0 Å². The van der Waals surface area contributed by atoms with Gasteiger partial charge in [0.05, 0.1) is 9.77 Å². The third-order valence-corrected chi connectivity index (χ3v) is 2.60. The molecule has 2 aromatic heterocycles. The molecule has 5 nitrogen and oxygen atoms in total. The molecule has 0 radical (unpaired) electrons. The summed E-state index contributed by atoms with van der Waals surface area (Å²) in [7, 11) is 1.74. The third kappa shape index (κ3) is 1.45. The molecular formula is C8H7IN4O. The highest BCUT2D eigenvalue weighted by Gasteiger charge is 2.16. The summed E-state index contributed by atoms with van der Waals surface area (Å²) in [6.07, 6.45) is 4.84. The van der Waals surface area contributed by atoms with Gasteiger partial charge in [0.2, 0.25) is 0 Å². The van der Waals surface area contributed by atoms with Crippen molar-refractivity contribution in [3.63, 3.8) is 0 Å². The molecule has 0 unspecified atom stereocenters. The van der Waals surface area contributed by atoms with Crippen molar-refractivity contribution in [1.82, 2.24) is 19.6 Å². The van der Waals surface area contributed by atoms with E-state index in [1.54, 1.807) is 36.4 Å². The van der Waals surface area contributed by atoms with Crippen molar-refractivity contribution < 1.29 is 4.79 Å². The zero-order valence-electron chi connectivity index (χ0n) is 7.38. The van der Waals surface area contributed by atoms with Gasteiger partial charge in [-0.3, -0.25) is 9.48 Å². The van der Waals surface area contributed by atoms with Crippen molar-refractivity contribution in [3.8, 4) is 0 Å². The maximum Gasteiger partial charge on any atom is 0.297 e. The topological polar surface area (TPSA) is 52.7 Å². The second-order valence-electron chi connectivity index (χ2n) is 2.72. The first-order valence-electron chi connectivity index (χ1n) is 3.92. The van der Waals surface area contributed by atoms with E-state index in [1.807, 2.05) is 0 Å². The molecular weight excluding hydrogens is 295 g/mol. The zero-order chi connectivity index (χ0) is 10.1. The predicted octanol–water partition coefficient (Wildman–Crippen LogP) is 0.910. The van der Waals surface area contributed by atoms with Crippen molar-refractivity contribution in [1.29, 1.82) is 0 Å². The van der Waals surface area contributed by atoms with Crippen LogP contribution in [0.5, 0.6) is 0 Å². The molecule has 2 rings (SSSR count). The van der Waals surface area contributed by atoms with Gasteiger partial charge in [0.25, 0.3) is 5.91 Å². The molecule has 0 aromatic carbocycles.